The number of hydrogen-bond acceptors (Lipinski definition) is 4. The summed E-state index contributed by atoms with van der Waals surface area (Å²) in [6.45, 7) is 3.94. The lowest BCUT2D eigenvalue weighted by atomic mass is 10.2. The molecule has 0 amide bonds. The molecule has 1 aromatic heterocycles. The molecule has 1 aliphatic rings. The van der Waals surface area contributed by atoms with Crippen molar-refractivity contribution < 1.29 is 9.47 Å². The van der Waals surface area contributed by atoms with Gasteiger partial charge in [-0.2, -0.15) is 0 Å². The zero-order chi connectivity index (χ0) is 16.9. The van der Waals surface area contributed by atoms with Crippen LogP contribution in [0.4, 0.5) is 0 Å². The van der Waals surface area contributed by atoms with Crippen LogP contribution in [-0.2, 0) is 11.3 Å². The van der Waals surface area contributed by atoms with Crippen molar-refractivity contribution in [1.29, 1.82) is 0 Å². The second kappa shape index (κ2) is 7.64. The lowest BCUT2D eigenvalue weighted by Crippen LogP contribution is -2.44. The predicted octanol–water partition coefficient (Wildman–Crippen LogP) is 3.51. The topological polar surface area (TPSA) is 34.6 Å². The average Bonchev–Trinajstić information content (AvgIpc) is 2.67. The number of para-hydroxylation sites is 2. The summed E-state index contributed by atoms with van der Waals surface area (Å²) in [7, 11) is 0. The maximum Gasteiger partial charge on any atom is 0.119 e. The van der Waals surface area contributed by atoms with E-state index in [9.17, 15) is 0 Å². The number of pyridine rings is 1. The molecule has 4 heteroatoms. The molecule has 2 heterocycles. The molecule has 0 saturated carbocycles. The molecule has 128 valence electrons. The first-order valence-corrected chi connectivity index (χ1v) is 8.73. The summed E-state index contributed by atoms with van der Waals surface area (Å²) in [5, 5.41) is 1.18. The molecule has 3 aromatic rings. The fourth-order valence-corrected chi connectivity index (χ4v) is 3.16. The fourth-order valence-electron chi connectivity index (χ4n) is 3.16. The van der Waals surface area contributed by atoms with E-state index in [-0.39, 0.29) is 6.10 Å². The summed E-state index contributed by atoms with van der Waals surface area (Å²) in [4.78, 5) is 7.16. The Balaban J connectivity index is 1.35. The minimum absolute atomic E-state index is 0.0920. The van der Waals surface area contributed by atoms with Crippen LogP contribution in [0.15, 0.2) is 66.7 Å². The maximum absolute atomic E-state index is 5.85. The van der Waals surface area contributed by atoms with Crippen LogP contribution in [0.2, 0.25) is 0 Å². The highest BCUT2D eigenvalue weighted by atomic mass is 16.5. The molecule has 1 atom stereocenters. The van der Waals surface area contributed by atoms with Crippen molar-refractivity contribution in [2.75, 3.05) is 26.3 Å². The first-order valence-electron chi connectivity index (χ1n) is 8.73. The third-order valence-electron chi connectivity index (χ3n) is 4.44. The Labute approximate surface area is 148 Å². The Kier molecular flexibility index (Phi) is 4.91. The maximum atomic E-state index is 5.85. The lowest BCUT2D eigenvalue weighted by Gasteiger charge is -2.32. The van der Waals surface area contributed by atoms with E-state index in [0.29, 0.717) is 6.61 Å². The SMILES string of the molecule is c1ccc(OC[C@@H]2CN(Cc3ccc4ccccc4n3)CCO2)cc1. The Morgan fingerprint density at radius 1 is 1.00 bits per heavy atom. The molecule has 0 unspecified atom stereocenters. The van der Waals surface area contributed by atoms with Crippen LogP contribution in [-0.4, -0.2) is 42.3 Å². The van der Waals surface area contributed by atoms with Gasteiger partial charge in [0.1, 0.15) is 18.5 Å². The van der Waals surface area contributed by atoms with Gasteiger partial charge in [0.05, 0.1) is 17.8 Å². The zero-order valence-electron chi connectivity index (χ0n) is 14.2. The van der Waals surface area contributed by atoms with E-state index in [1.54, 1.807) is 0 Å². The van der Waals surface area contributed by atoms with Gasteiger partial charge in [0.2, 0.25) is 0 Å². The highest BCUT2D eigenvalue weighted by Gasteiger charge is 2.21. The summed E-state index contributed by atoms with van der Waals surface area (Å²) in [6, 6.07) is 22.4. The largest absolute Gasteiger partial charge is 0.491 e. The molecule has 0 aliphatic carbocycles. The molecular formula is C21H22N2O2. The Morgan fingerprint density at radius 2 is 1.84 bits per heavy atom. The van der Waals surface area contributed by atoms with Gasteiger partial charge in [0.15, 0.2) is 0 Å². The van der Waals surface area contributed by atoms with Gasteiger partial charge in [-0.15, -0.1) is 0 Å². The summed E-state index contributed by atoms with van der Waals surface area (Å²) >= 11 is 0. The quantitative estimate of drug-likeness (QED) is 0.715. The molecule has 0 radical (unpaired) electrons. The molecule has 1 fully saturated rings. The van der Waals surface area contributed by atoms with Gasteiger partial charge in [0.25, 0.3) is 0 Å². The molecule has 0 spiro atoms. The molecular weight excluding hydrogens is 312 g/mol. The molecule has 4 nitrogen and oxygen atoms in total. The van der Waals surface area contributed by atoms with Crippen LogP contribution < -0.4 is 4.74 Å². The molecule has 2 aromatic carbocycles. The van der Waals surface area contributed by atoms with Crippen LogP contribution in [0.1, 0.15) is 5.69 Å². The molecule has 4 rings (SSSR count). The van der Waals surface area contributed by atoms with Crippen molar-refractivity contribution in [2.24, 2.45) is 0 Å². The van der Waals surface area contributed by atoms with Crippen molar-refractivity contribution in [2.45, 2.75) is 12.6 Å². The van der Waals surface area contributed by atoms with E-state index in [4.69, 9.17) is 14.5 Å². The van der Waals surface area contributed by atoms with E-state index >= 15 is 0 Å². The normalized spacial score (nSPS) is 18.3. The van der Waals surface area contributed by atoms with E-state index < -0.39 is 0 Å². The van der Waals surface area contributed by atoms with Crippen LogP contribution in [0.3, 0.4) is 0 Å². The average molecular weight is 334 g/mol. The highest BCUT2D eigenvalue weighted by Crippen LogP contribution is 2.16. The highest BCUT2D eigenvalue weighted by molar-refractivity contribution is 5.78. The van der Waals surface area contributed by atoms with Crippen molar-refractivity contribution >= 4 is 10.9 Å². The van der Waals surface area contributed by atoms with E-state index in [0.717, 1.165) is 43.2 Å². The number of morpholine rings is 1. The lowest BCUT2D eigenvalue weighted by molar-refractivity contribution is -0.0506. The molecule has 0 N–H and O–H groups in total. The van der Waals surface area contributed by atoms with Gasteiger partial charge >= 0.3 is 0 Å². The van der Waals surface area contributed by atoms with Gasteiger partial charge < -0.3 is 9.47 Å². The molecule has 1 aliphatic heterocycles. The second-order valence-corrected chi connectivity index (χ2v) is 6.35. The van der Waals surface area contributed by atoms with Crippen LogP contribution >= 0.6 is 0 Å². The zero-order valence-corrected chi connectivity index (χ0v) is 14.2. The van der Waals surface area contributed by atoms with Crippen LogP contribution in [0.5, 0.6) is 5.75 Å². The smallest absolute Gasteiger partial charge is 0.119 e. The van der Waals surface area contributed by atoms with Crippen molar-refractivity contribution in [1.82, 2.24) is 9.88 Å². The van der Waals surface area contributed by atoms with Crippen molar-refractivity contribution in [3.05, 3.63) is 72.4 Å². The predicted molar refractivity (Wildman–Crippen MR) is 98.7 cm³/mol. The summed E-state index contributed by atoms with van der Waals surface area (Å²) in [5.74, 6) is 0.888. The Hall–Kier alpha value is -2.43. The number of ether oxygens (including phenoxy) is 2. The number of fused-ring (bicyclic) bond motifs is 1. The summed E-state index contributed by atoms with van der Waals surface area (Å²) in [6.07, 6.45) is 0.0920. The second-order valence-electron chi connectivity index (χ2n) is 6.35. The van der Waals surface area contributed by atoms with Gasteiger partial charge in [-0.05, 0) is 24.3 Å². The standard InChI is InChI=1S/C21H22N2O2/c1-2-7-19(8-3-1)25-16-20-15-23(12-13-24-20)14-18-11-10-17-6-4-5-9-21(17)22-18/h1-11,20H,12-16H2/t20-/m0/s1. The van der Waals surface area contributed by atoms with Gasteiger partial charge in [-0.25, -0.2) is 0 Å². The van der Waals surface area contributed by atoms with Gasteiger partial charge in [0, 0.05) is 25.0 Å². The third kappa shape index (κ3) is 4.16. The van der Waals surface area contributed by atoms with Crippen molar-refractivity contribution in [3.8, 4) is 5.75 Å². The van der Waals surface area contributed by atoms with Gasteiger partial charge in [-0.3, -0.25) is 9.88 Å². The number of benzene rings is 2. The molecule has 1 saturated heterocycles. The van der Waals surface area contributed by atoms with E-state index in [1.165, 1.54) is 5.39 Å². The minimum Gasteiger partial charge on any atom is -0.491 e. The van der Waals surface area contributed by atoms with Crippen LogP contribution in [0.25, 0.3) is 10.9 Å². The van der Waals surface area contributed by atoms with Crippen molar-refractivity contribution in [3.63, 3.8) is 0 Å². The third-order valence-corrected chi connectivity index (χ3v) is 4.44. The van der Waals surface area contributed by atoms with E-state index in [1.807, 2.05) is 42.5 Å². The summed E-state index contributed by atoms with van der Waals surface area (Å²) in [5.41, 5.74) is 2.15. The number of aromatic nitrogens is 1. The van der Waals surface area contributed by atoms with Crippen LogP contribution in [0, 0.1) is 0 Å². The first-order chi connectivity index (χ1) is 12.4. The summed E-state index contributed by atoms with van der Waals surface area (Å²) < 4.78 is 11.7. The number of rotatable bonds is 5. The molecule has 25 heavy (non-hydrogen) atoms. The number of hydrogen-bond donors (Lipinski definition) is 0. The van der Waals surface area contributed by atoms with E-state index in [2.05, 4.69) is 29.2 Å². The fraction of sp³-hybridized carbons (Fsp3) is 0.286. The Bertz CT molecular complexity index is 822. The monoisotopic (exact) mass is 334 g/mol. The molecule has 0 bridgehead atoms. The van der Waals surface area contributed by atoms with Gasteiger partial charge in [-0.1, -0.05) is 42.5 Å². The number of nitrogens with zero attached hydrogens (tertiary/aromatic N) is 2. The minimum atomic E-state index is 0.0920. The Morgan fingerprint density at radius 3 is 2.76 bits per heavy atom. The first kappa shape index (κ1) is 16.1.